The smallest absolute Gasteiger partial charge is 0.264 e. The number of ketones is 1. The summed E-state index contributed by atoms with van der Waals surface area (Å²) in [7, 11) is 0. The zero-order chi connectivity index (χ0) is 16.1. The van der Waals surface area contributed by atoms with Crippen LogP contribution in [0.5, 0.6) is 5.88 Å². The van der Waals surface area contributed by atoms with Crippen LogP contribution in [0.4, 0.5) is 0 Å². The number of hydrogen-bond acceptors (Lipinski definition) is 6. The van der Waals surface area contributed by atoms with Gasteiger partial charge in [-0.1, -0.05) is 41.6 Å². The molecule has 6 nitrogen and oxygen atoms in total. The van der Waals surface area contributed by atoms with Crippen molar-refractivity contribution in [1.82, 2.24) is 5.16 Å². The van der Waals surface area contributed by atoms with E-state index in [1.807, 2.05) is 36.4 Å². The first-order valence-electron chi connectivity index (χ1n) is 7.92. The van der Waals surface area contributed by atoms with Gasteiger partial charge >= 0.3 is 0 Å². The van der Waals surface area contributed by atoms with E-state index in [1.54, 1.807) is 6.08 Å². The zero-order valence-corrected chi connectivity index (χ0v) is 12.8. The molecule has 2 aromatic rings. The van der Waals surface area contributed by atoms with Gasteiger partial charge in [0.2, 0.25) is 11.4 Å². The molecule has 1 aliphatic heterocycles. The van der Waals surface area contributed by atoms with Gasteiger partial charge in [0.05, 0.1) is 0 Å². The van der Waals surface area contributed by atoms with Crippen LogP contribution < -0.4 is 4.74 Å². The van der Waals surface area contributed by atoms with Crippen LogP contribution in [0.1, 0.15) is 23.3 Å². The van der Waals surface area contributed by atoms with E-state index in [4.69, 9.17) is 14.1 Å². The molecular weight excluding hydrogens is 308 g/mol. The molecule has 1 spiro atoms. The number of fused-ring (bicyclic) bond motifs is 2. The second kappa shape index (κ2) is 4.80. The van der Waals surface area contributed by atoms with Crippen LogP contribution >= 0.6 is 0 Å². The maximum atomic E-state index is 12.4. The fourth-order valence-corrected chi connectivity index (χ4v) is 3.64. The minimum atomic E-state index is -0.974. The van der Waals surface area contributed by atoms with E-state index in [-0.39, 0.29) is 11.7 Å². The lowest BCUT2D eigenvalue weighted by Gasteiger charge is -2.45. The highest BCUT2D eigenvalue weighted by Gasteiger charge is 2.63. The van der Waals surface area contributed by atoms with E-state index in [1.165, 1.54) is 0 Å². The normalized spacial score (nSPS) is 26.4. The van der Waals surface area contributed by atoms with Gasteiger partial charge in [-0.15, -0.1) is 0 Å². The van der Waals surface area contributed by atoms with Crippen LogP contribution in [0, 0.1) is 5.92 Å². The lowest BCUT2D eigenvalue weighted by molar-refractivity contribution is -0.146. The first kappa shape index (κ1) is 13.5. The molecule has 0 saturated heterocycles. The Morgan fingerprint density at radius 1 is 1.29 bits per heavy atom. The molecule has 0 radical (unpaired) electrons. The van der Waals surface area contributed by atoms with Crippen molar-refractivity contribution in [2.75, 3.05) is 0 Å². The molecule has 24 heavy (non-hydrogen) atoms. The van der Waals surface area contributed by atoms with Crippen molar-refractivity contribution in [2.24, 2.45) is 11.1 Å². The van der Waals surface area contributed by atoms with E-state index in [0.29, 0.717) is 35.9 Å². The molecule has 1 aromatic heterocycles. The van der Waals surface area contributed by atoms with Gasteiger partial charge in [0, 0.05) is 12.3 Å². The number of ether oxygens (including phenoxy) is 1. The minimum absolute atomic E-state index is 0.00456. The summed E-state index contributed by atoms with van der Waals surface area (Å²) in [5.41, 5.74) is 1.32. The predicted molar refractivity (Wildman–Crippen MR) is 83.6 cm³/mol. The Bertz CT molecular complexity index is 884. The summed E-state index contributed by atoms with van der Waals surface area (Å²) in [4.78, 5) is 17.9. The molecule has 0 unspecified atom stereocenters. The van der Waals surface area contributed by atoms with E-state index in [9.17, 15) is 4.79 Å². The molecule has 2 atom stereocenters. The van der Waals surface area contributed by atoms with E-state index >= 15 is 0 Å². The zero-order valence-electron chi connectivity index (χ0n) is 12.8. The second-order valence-electron chi connectivity index (χ2n) is 6.23. The van der Waals surface area contributed by atoms with Crippen molar-refractivity contribution < 1.29 is 18.9 Å². The van der Waals surface area contributed by atoms with Crippen molar-refractivity contribution >= 4 is 11.5 Å². The van der Waals surface area contributed by atoms with Crippen molar-refractivity contribution in [3.63, 3.8) is 0 Å². The Morgan fingerprint density at radius 3 is 2.96 bits per heavy atom. The van der Waals surface area contributed by atoms with Crippen molar-refractivity contribution in [3.05, 3.63) is 59.4 Å². The van der Waals surface area contributed by atoms with Crippen LogP contribution in [0.15, 0.2) is 52.2 Å². The van der Waals surface area contributed by atoms with Crippen LogP contribution in [0.2, 0.25) is 0 Å². The average molecular weight is 322 g/mol. The van der Waals surface area contributed by atoms with Gasteiger partial charge in [-0.3, -0.25) is 4.79 Å². The van der Waals surface area contributed by atoms with Crippen LogP contribution in [-0.4, -0.2) is 22.3 Å². The molecule has 0 fully saturated rings. The summed E-state index contributed by atoms with van der Waals surface area (Å²) in [5, 5.41) is 8.07. The van der Waals surface area contributed by atoms with E-state index in [2.05, 4.69) is 10.3 Å². The number of rotatable bonds is 3. The number of nitrogens with zero attached hydrogens (tertiary/aromatic N) is 2. The van der Waals surface area contributed by atoms with Gasteiger partial charge < -0.3 is 14.1 Å². The third-order valence-electron chi connectivity index (χ3n) is 4.88. The Labute approximate surface area is 137 Å². The number of hydrogen-bond donors (Lipinski definition) is 0. The average Bonchev–Trinajstić information content (AvgIpc) is 2.96. The van der Waals surface area contributed by atoms with Crippen molar-refractivity contribution in [2.45, 2.75) is 25.0 Å². The summed E-state index contributed by atoms with van der Waals surface area (Å²) in [6.45, 7) is 0.373. The van der Waals surface area contributed by atoms with Crippen LogP contribution in [0.25, 0.3) is 0 Å². The molecule has 120 valence electrons. The molecule has 2 heterocycles. The summed E-state index contributed by atoms with van der Waals surface area (Å²) < 4.78 is 11.3. The van der Waals surface area contributed by atoms with Gasteiger partial charge in [-0.05, 0) is 23.2 Å². The van der Waals surface area contributed by atoms with Crippen LogP contribution in [-0.2, 0) is 22.7 Å². The van der Waals surface area contributed by atoms with Crippen molar-refractivity contribution in [3.8, 4) is 5.88 Å². The van der Waals surface area contributed by atoms with Crippen molar-refractivity contribution in [1.29, 1.82) is 0 Å². The summed E-state index contributed by atoms with van der Waals surface area (Å²) >= 11 is 0. The number of carbonyl (C=O) groups is 1. The largest absolute Gasteiger partial charge is 0.470 e. The lowest BCUT2D eigenvalue weighted by atomic mass is 9.66. The molecular formula is C18H14N2O4. The lowest BCUT2D eigenvalue weighted by Crippen LogP contribution is -2.62. The Morgan fingerprint density at radius 2 is 2.17 bits per heavy atom. The molecule has 5 rings (SSSR count). The number of carbonyl (C=O) groups excluding carboxylic acids is 1. The summed E-state index contributed by atoms with van der Waals surface area (Å²) in [6.07, 6.45) is 4.80. The van der Waals surface area contributed by atoms with Gasteiger partial charge in [0.15, 0.2) is 11.5 Å². The molecule has 3 aliphatic rings. The highest BCUT2D eigenvalue weighted by Crippen LogP contribution is 2.48. The second-order valence-corrected chi connectivity index (χ2v) is 6.23. The minimum Gasteiger partial charge on any atom is -0.470 e. The number of benzene rings is 1. The summed E-state index contributed by atoms with van der Waals surface area (Å²) in [5.74, 6) is 1.02. The Kier molecular flexibility index (Phi) is 2.71. The number of allylic oxidation sites excluding steroid dienone is 1. The maximum absolute atomic E-state index is 12.4. The molecule has 2 aliphatic carbocycles. The van der Waals surface area contributed by atoms with Gasteiger partial charge in [0.1, 0.15) is 12.2 Å². The molecule has 0 bridgehead atoms. The molecule has 1 aromatic carbocycles. The maximum Gasteiger partial charge on any atom is 0.264 e. The molecule has 0 amide bonds. The first-order chi connectivity index (χ1) is 11.8. The van der Waals surface area contributed by atoms with Gasteiger partial charge in [0.25, 0.3) is 5.88 Å². The first-order valence-corrected chi connectivity index (χ1v) is 7.92. The standard InChI is InChI=1S/C18H14N2O4/c21-14-8-4-7-12-9-13-15(16-18(12,14)24-19-16)17(20-23-13)22-10-11-5-2-1-3-6-11/h1-6,8,12H,7,9-10H2/t12-,18-/m0/s1. The van der Waals surface area contributed by atoms with E-state index in [0.717, 1.165) is 12.0 Å². The third kappa shape index (κ3) is 1.68. The number of aromatic nitrogens is 1. The van der Waals surface area contributed by atoms with E-state index < -0.39 is 5.60 Å². The summed E-state index contributed by atoms with van der Waals surface area (Å²) in [6, 6.07) is 9.81. The predicted octanol–water partition coefficient (Wildman–Crippen LogP) is 2.43. The number of oxime groups is 1. The topological polar surface area (TPSA) is 73.9 Å². The fraction of sp³-hybridized carbons (Fsp3) is 0.278. The van der Waals surface area contributed by atoms with Crippen LogP contribution in [0.3, 0.4) is 0 Å². The molecule has 0 N–H and O–H groups in total. The highest BCUT2D eigenvalue weighted by atomic mass is 16.7. The third-order valence-corrected chi connectivity index (χ3v) is 4.88. The SMILES string of the molecule is O=C1C=CC[C@H]2Cc3onc(OCc4ccccc4)c3C3=NO[C@@]132. The Hall–Kier alpha value is -2.89. The molecule has 6 heteroatoms. The Balaban J connectivity index is 1.49. The quantitative estimate of drug-likeness (QED) is 0.867. The monoisotopic (exact) mass is 322 g/mol. The fourth-order valence-electron chi connectivity index (χ4n) is 3.64. The van der Waals surface area contributed by atoms with Gasteiger partial charge in [-0.2, -0.15) is 0 Å². The van der Waals surface area contributed by atoms with Gasteiger partial charge in [-0.25, -0.2) is 0 Å². The molecule has 0 saturated carbocycles. The highest BCUT2D eigenvalue weighted by molar-refractivity contribution is 6.27.